The molecule has 0 fully saturated rings. The standard InChI is InChI=1S/C23H30N2O4S/c1-16(2)5-6-17(3)25-23(27)21-9-7-19(8-10-21)15-24-30(28,29)22-13-11-20(12-14-22)18(4)26/h7-14,16-17,24H,5-6,15H2,1-4H3,(H,25,27). The van der Waals surface area contributed by atoms with Crippen molar-refractivity contribution in [3.8, 4) is 0 Å². The van der Waals surface area contributed by atoms with Gasteiger partial charge in [0.15, 0.2) is 5.78 Å². The van der Waals surface area contributed by atoms with Crippen LogP contribution in [0.1, 0.15) is 66.8 Å². The van der Waals surface area contributed by atoms with Gasteiger partial charge in [-0.1, -0.05) is 38.1 Å². The number of hydrogen-bond donors (Lipinski definition) is 2. The van der Waals surface area contributed by atoms with Gasteiger partial charge >= 0.3 is 0 Å². The molecule has 2 rings (SSSR count). The van der Waals surface area contributed by atoms with Crippen molar-refractivity contribution in [2.45, 2.75) is 58.0 Å². The third-order valence-electron chi connectivity index (χ3n) is 4.81. The number of benzene rings is 2. The third kappa shape index (κ3) is 7.07. The molecule has 1 atom stereocenters. The summed E-state index contributed by atoms with van der Waals surface area (Å²) in [4.78, 5) is 23.8. The SMILES string of the molecule is CC(=O)c1ccc(S(=O)(=O)NCc2ccc(C(=O)NC(C)CCC(C)C)cc2)cc1. The highest BCUT2D eigenvalue weighted by Crippen LogP contribution is 2.13. The van der Waals surface area contributed by atoms with E-state index in [0.717, 1.165) is 18.4 Å². The van der Waals surface area contributed by atoms with Crippen LogP contribution in [0.15, 0.2) is 53.4 Å². The Morgan fingerprint density at radius 1 is 0.867 bits per heavy atom. The molecule has 162 valence electrons. The molecule has 2 aromatic rings. The summed E-state index contributed by atoms with van der Waals surface area (Å²) in [5, 5.41) is 2.99. The van der Waals surface area contributed by atoms with Crippen LogP contribution in [0.4, 0.5) is 0 Å². The molecular weight excluding hydrogens is 400 g/mol. The van der Waals surface area contributed by atoms with Crippen molar-refractivity contribution >= 4 is 21.7 Å². The number of Topliss-reactive ketones (excluding diaryl/α,β-unsaturated/α-hetero) is 1. The van der Waals surface area contributed by atoms with Gasteiger partial charge in [-0.2, -0.15) is 0 Å². The average molecular weight is 431 g/mol. The van der Waals surface area contributed by atoms with Crippen molar-refractivity contribution < 1.29 is 18.0 Å². The Balaban J connectivity index is 1.93. The predicted molar refractivity (Wildman–Crippen MR) is 118 cm³/mol. The van der Waals surface area contributed by atoms with Crippen LogP contribution in [0.2, 0.25) is 0 Å². The van der Waals surface area contributed by atoms with Crippen LogP contribution in [-0.4, -0.2) is 26.2 Å². The van der Waals surface area contributed by atoms with E-state index >= 15 is 0 Å². The van der Waals surface area contributed by atoms with E-state index in [-0.39, 0.29) is 29.2 Å². The van der Waals surface area contributed by atoms with Crippen LogP contribution in [0, 0.1) is 5.92 Å². The van der Waals surface area contributed by atoms with Crippen molar-refractivity contribution in [3.05, 3.63) is 65.2 Å². The molecule has 0 radical (unpaired) electrons. The topological polar surface area (TPSA) is 92.3 Å². The van der Waals surface area contributed by atoms with Gasteiger partial charge in [0, 0.05) is 23.7 Å². The maximum Gasteiger partial charge on any atom is 0.251 e. The zero-order chi connectivity index (χ0) is 22.3. The Hall–Kier alpha value is -2.51. The molecule has 2 N–H and O–H groups in total. The first kappa shape index (κ1) is 23.8. The van der Waals surface area contributed by atoms with Crippen molar-refractivity contribution in [2.75, 3.05) is 0 Å². The van der Waals surface area contributed by atoms with Crippen molar-refractivity contribution in [2.24, 2.45) is 5.92 Å². The van der Waals surface area contributed by atoms with E-state index in [0.29, 0.717) is 17.0 Å². The Kier molecular flexibility index (Phi) is 8.32. The fourth-order valence-corrected chi connectivity index (χ4v) is 3.88. The third-order valence-corrected chi connectivity index (χ3v) is 6.23. The monoisotopic (exact) mass is 430 g/mol. The summed E-state index contributed by atoms with van der Waals surface area (Å²) in [6.07, 6.45) is 1.98. The van der Waals surface area contributed by atoms with Gasteiger partial charge in [0.1, 0.15) is 0 Å². The second kappa shape index (κ2) is 10.5. The van der Waals surface area contributed by atoms with Gasteiger partial charge in [0.05, 0.1) is 4.90 Å². The highest BCUT2D eigenvalue weighted by molar-refractivity contribution is 7.89. The lowest BCUT2D eigenvalue weighted by Crippen LogP contribution is -2.32. The number of carbonyl (C=O) groups excluding carboxylic acids is 2. The Morgan fingerprint density at radius 3 is 1.97 bits per heavy atom. The zero-order valence-corrected chi connectivity index (χ0v) is 18.8. The molecule has 6 nitrogen and oxygen atoms in total. The Labute approximate surface area is 179 Å². The quantitative estimate of drug-likeness (QED) is 0.559. The number of sulfonamides is 1. The first-order valence-corrected chi connectivity index (χ1v) is 11.6. The lowest BCUT2D eigenvalue weighted by atomic mass is 10.0. The molecule has 0 saturated carbocycles. The molecule has 0 heterocycles. The summed E-state index contributed by atoms with van der Waals surface area (Å²) in [5.74, 6) is 0.341. The van der Waals surface area contributed by atoms with E-state index in [2.05, 4.69) is 23.9 Å². The fourth-order valence-electron chi connectivity index (χ4n) is 2.87. The van der Waals surface area contributed by atoms with Gasteiger partial charge in [0.2, 0.25) is 10.0 Å². The van der Waals surface area contributed by atoms with E-state index < -0.39 is 10.0 Å². The number of amides is 1. The maximum atomic E-state index is 12.4. The molecule has 1 amide bonds. The normalized spacial score (nSPS) is 12.6. The molecule has 0 bridgehead atoms. The molecule has 2 aromatic carbocycles. The molecule has 30 heavy (non-hydrogen) atoms. The van der Waals surface area contributed by atoms with E-state index in [1.54, 1.807) is 24.3 Å². The second-order valence-electron chi connectivity index (χ2n) is 7.95. The summed E-state index contributed by atoms with van der Waals surface area (Å²) in [7, 11) is -3.70. The van der Waals surface area contributed by atoms with E-state index in [1.165, 1.54) is 31.2 Å². The van der Waals surface area contributed by atoms with Crippen LogP contribution in [-0.2, 0) is 16.6 Å². The largest absolute Gasteiger partial charge is 0.350 e. The molecular formula is C23H30N2O4S. The van der Waals surface area contributed by atoms with Crippen LogP contribution >= 0.6 is 0 Å². The van der Waals surface area contributed by atoms with Crippen molar-refractivity contribution in [3.63, 3.8) is 0 Å². The summed E-state index contributed by atoms with van der Waals surface area (Å²) in [5.41, 5.74) is 1.74. The number of ketones is 1. The molecule has 1 unspecified atom stereocenters. The van der Waals surface area contributed by atoms with Gasteiger partial charge in [-0.3, -0.25) is 9.59 Å². The smallest absolute Gasteiger partial charge is 0.251 e. The minimum absolute atomic E-state index is 0.0962. The molecule has 0 saturated heterocycles. The molecule has 0 aliphatic rings. The van der Waals surface area contributed by atoms with E-state index in [1.807, 2.05) is 6.92 Å². The molecule has 7 heteroatoms. The van der Waals surface area contributed by atoms with Gasteiger partial charge < -0.3 is 5.32 Å². The molecule has 0 aliphatic heterocycles. The number of hydrogen-bond acceptors (Lipinski definition) is 4. The van der Waals surface area contributed by atoms with E-state index in [4.69, 9.17) is 0 Å². The molecule has 0 aliphatic carbocycles. The first-order valence-electron chi connectivity index (χ1n) is 10.1. The number of rotatable bonds is 10. The highest BCUT2D eigenvalue weighted by Gasteiger charge is 2.15. The molecule has 0 spiro atoms. The Bertz CT molecular complexity index is 965. The maximum absolute atomic E-state index is 12.4. The lowest BCUT2D eigenvalue weighted by Gasteiger charge is -2.15. The minimum Gasteiger partial charge on any atom is -0.350 e. The van der Waals surface area contributed by atoms with Crippen LogP contribution in [0.3, 0.4) is 0 Å². The van der Waals surface area contributed by atoms with Crippen LogP contribution < -0.4 is 10.0 Å². The number of nitrogens with one attached hydrogen (secondary N) is 2. The predicted octanol–water partition coefficient (Wildman–Crippen LogP) is 3.92. The van der Waals surface area contributed by atoms with Gasteiger partial charge in [-0.05, 0) is 62.4 Å². The van der Waals surface area contributed by atoms with Gasteiger partial charge in [0.25, 0.3) is 5.91 Å². The summed E-state index contributed by atoms with van der Waals surface area (Å²) in [6, 6.07) is 12.7. The van der Waals surface area contributed by atoms with Crippen LogP contribution in [0.5, 0.6) is 0 Å². The van der Waals surface area contributed by atoms with Gasteiger partial charge in [-0.25, -0.2) is 13.1 Å². The zero-order valence-electron chi connectivity index (χ0n) is 17.9. The summed E-state index contributed by atoms with van der Waals surface area (Å²) >= 11 is 0. The lowest BCUT2D eigenvalue weighted by molar-refractivity contribution is 0.0936. The van der Waals surface area contributed by atoms with Gasteiger partial charge in [-0.15, -0.1) is 0 Å². The minimum atomic E-state index is -3.70. The summed E-state index contributed by atoms with van der Waals surface area (Å²) < 4.78 is 27.4. The first-order chi connectivity index (χ1) is 14.1. The van der Waals surface area contributed by atoms with Crippen molar-refractivity contribution in [1.82, 2.24) is 10.0 Å². The Morgan fingerprint density at radius 2 is 1.43 bits per heavy atom. The fraction of sp³-hybridized carbons (Fsp3) is 0.391. The van der Waals surface area contributed by atoms with Crippen LogP contribution in [0.25, 0.3) is 0 Å². The van der Waals surface area contributed by atoms with Crippen molar-refractivity contribution in [1.29, 1.82) is 0 Å². The molecule has 0 aromatic heterocycles. The average Bonchev–Trinajstić information content (AvgIpc) is 2.71. The number of carbonyl (C=O) groups is 2. The second-order valence-corrected chi connectivity index (χ2v) is 9.71. The van der Waals surface area contributed by atoms with E-state index in [9.17, 15) is 18.0 Å². The summed E-state index contributed by atoms with van der Waals surface area (Å²) in [6.45, 7) is 7.83. The highest BCUT2D eigenvalue weighted by atomic mass is 32.2.